The normalized spacial score (nSPS) is 12.3. The maximum Gasteiger partial charge on any atom is 0.411 e. The lowest BCUT2D eigenvalue weighted by molar-refractivity contribution is -0.288. The number of ether oxygens (including phenoxy) is 2. The van der Waals surface area contributed by atoms with Crippen molar-refractivity contribution in [1.82, 2.24) is 0 Å². The highest BCUT2D eigenvalue weighted by Crippen LogP contribution is 2.57. The van der Waals surface area contributed by atoms with Crippen LogP contribution in [0, 0.1) is 34.6 Å². The lowest BCUT2D eigenvalue weighted by Gasteiger charge is -2.39. The SMILES string of the molecule is COC(=O)c1ccc(C(=O)Oc2c(C)cc(C(c3cc(C)c(C)c(C)c3)(C(F)(F)F)C(F)(F)F)cc2C)cc1. The van der Waals surface area contributed by atoms with E-state index in [1.807, 2.05) is 0 Å². The molecule has 0 saturated heterocycles. The first-order chi connectivity index (χ1) is 17.9. The van der Waals surface area contributed by atoms with Gasteiger partial charge in [0.2, 0.25) is 5.41 Å². The molecule has 0 bridgehead atoms. The molecule has 0 fully saturated rings. The van der Waals surface area contributed by atoms with Gasteiger partial charge in [0.15, 0.2) is 0 Å². The zero-order valence-corrected chi connectivity index (χ0v) is 22.0. The van der Waals surface area contributed by atoms with Crippen molar-refractivity contribution in [2.75, 3.05) is 7.11 Å². The molecule has 0 unspecified atom stereocenters. The third-order valence-electron chi connectivity index (χ3n) is 6.84. The topological polar surface area (TPSA) is 52.6 Å². The van der Waals surface area contributed by atoms with Crippen molar-refractivity contribution in [3.8, 4) is 5.75 Å². The molecule has 39 heavy (non-hydrogen) atoms. The minimum Gasteiger partial charge on any atom is -0.465 e. The highest BCUT2D eigenvalue weighted by atomic mass is 19.4. The lowest BCUT2D eigenvalue weighted by Crippen LogP contribution is -2.55. The van der Waals surface area contributed by atoms with E-state index in [0.29, 0.717) is 16.7 Å². The van der Waals surface area contributed by atoms with E-state index >= 15 is 0 Å². The molecule has 4 nitrogen and oxygen atoms in total. The molecule has 3 aromatic carbocycles. The fraction of sp³-hybridized carbons (Fsp3) is 0.310. The summed E-state index contributed by atoms with van der Waals surface area (Å²) in [7, 11) is 1.19. The van der Waals surface area contributed by atoms with Gasteiger partial charge in [-0.25, -0.2) is 9.59 Å². The highest BCUT2D eigenvalue weighted by Gasteiger charge is 2.72. The van der Waals surface area contributed by atoms with Crippen LogP contribution < -0.4 is 4.74 Å². The number of hydrogen-bond acceptors (Lipinski definition) is 4. The van der Waals surface area contributed by atoms with Gasteiger partial charge >= 0.3 is 24.3 Å². The molecule has 0 heterocycles. The number of methoxy groups -OCH3 is 1. The average molecular weight is 553 g/mol. The van der Waals surface area contributed by atoms with E-state index in [1.165, 1.54) is 59.1 Å². The van der Waals surface area contributed by atoms with Gasteiger partial charge in [-0.2, -0.15) is 26.3 Å². The predicted octanol–water partition coefficient (Wildman–Crippen LogP) is 7.65. The van der Waals surface area contributed by atoms with E-state index in [9.17, 15) is 35.9 Å². The molecule has 0 N–H and O–H groups in total. The van der Waals surface area contributed by atoms with Crippen LogP contribution in [0.5, 0.6) is 5.75 Å². The largest absolute Gasteiger partial charge is 0.465 e. The second-order valence-corrected chi connectivity index (χ2v) is 9.38. The average Bonchev–Trinajstić information content (AvgIpc) is 2.82. The number of carbonyl (C=O) groups is 2. The highest BCUT2D eigenvalue weighted by molar-refractivity contribution is 5.94. The fourth-order valence-corrected chi connectivity index (χ4v) is 4.57. The van der Waals surface area contributed by atoms with E-state index in [0.717, 1.165) is 24.3 Å². The molecule has 0 radical (unpaired) electrons. The Labute approximate surface area is 221 Å². The Bertz CT molecular complexity index is 1360. The minimum atomic E-state index is -5.75. The van der Waals surface area contributed by atoms with Gasteiger partial charge < -0.3 is 9.47 Å². The molecule has 0 aliphatic carbocycles. The van der Waals surface area contributed by atoms with E-state index in [2.05, 4.69) is 4.74 Å². The summed E-state index contributed by atoms with van der Waals surface area (Å²) in [6.45, 7) is 7.07. The fourth-order valence-electron chi connectivity index (χ4n) is 4.57. The molecular formula is C29H26F6O4. The molecular weight excluding hydrogens is 526 g/mol. The molecule has 0 aromatic heterocycles. The van der Waals surface area contributed by atoms with Gasteiger partial charge in [-0.05, 0) is 97.8 Å². The molecule has 3 rings (SSSR count). The third-order valence-corrected chi connectivity index (χ3v) is 6.84. The summed E-state index contributed by atoms with van der Waals surface area (Å²) < 4.78 is 98.0. The van der Waals surface area contributed by atoms with Crippen LogP contribution in [0.15, 0.2) is 48.5 Å². The molecule has 0 aliphatic heterocycles. The van der Waals surface area contributed by atoms with Crippen LogP contribution in [0.2, 0.25) is 0 Å². The zero-order chi connectivity index (χ0) is 29.5. The third kappa shape index (κ3) is 5.24. The molecule has 0 saturated carbocycles. The van der Waals surface area contributed by atoms with Crippen molar-refractivity contribution in [2.45, 2.75) is 52.4 Å². The summed E-state index contributed by atoms with van der Waals surface area (Å²) in [5, 5.41) is 0. The summed E-state index contributed by atoms with van der Waals surface area (Å²) in [6.07, 6.45) is -11.5. The van der Waals surface area contributed by atoms with Crippen LogP contribution >= 0.6 is 0 Å². The second-order valence-electron chi connectivity index (χ2n) is 9.38. The van der Waals surface area contributed by atoms with Gasteiger partial charge in [0.05, 0.1) is 18.2 Å². The smallest absolute Gasteiger partial charge is 0.411 e. The number of alkyl halides is 6. The van der Waals surface area contributed by atoms with E-state index in [4.69, 9.17) is 4.74 Å². The summed E-state index contributed by atoms with van der Waals surface area (Å²) in [6, 6.07) is 8.54. The molecule has 0 amide bonds. The number of benzene rings is 3. The number of esters is 2. The summed E-state index contributed by atoms with van der Waals surface area (Å²) in [5.41, 5.74) is -5.15. The van der Waals surface area contributed by atoms with Crippen molar-refractivity contribution in [3.05, 3.63) is 98.6 Å². The Balaban J connectivity index is 2.16. The Morgan fingerprint density at radius 3 is 1.33 bits per heavy atom. The van der Waals surface area contributed by atoms with E-state index < -0.39 is 40.8 Å². The van der Waals surface area contributed by atoms with Crippen LogP contribution in [-0.4, -0.2) is 31.4 Å². The Morgan fingerprint density at radius 2 is 0.974 bits per heavy atom. The first kappa shape index (κ1) is 29.7. The van der Waals surface area contributed by atoms with Crippen molar-refractivity contribution in [3.63, 3.8) is 0 Å². The monoisotopic (exact) mass is 552 g/mol. The van der Waals surface area contributed by atoms with Crippen LogP contribution in [0.3, 0.4) is 0 Å². The van der Waals surface area contributed by atoms with Crippen LogP contribution in [0.4, 0.5) is 26.3 Å². The lowest BCUT2D eigenvalue weighted by atomic mass is 9.71. The van der Waals surface area contributed by atoms with Gasteiger partial charge in [0.1, 0.15) is 5.75 Å². The molecule has 10 heteroatoms. The summed E-state index contributed by atoms with van der Waals surface area (Å²) >= 11 is 0. The van der Waals surface area contributed by atoms with Gasteiger partial charge in [0, 0.05) is 0 Å². The molecule has 3 aromatic rings. The van der Waals surface area contributed by atoms with E-state index in [-0.39, 0.29) is 28.0 Å². The minimum absolute atomic E-state index is 0.0102. The van der Waals surface area contributed by atoms with Crippen LogP contribution in [0.1, 0.15) is 59.7 Å². The second kappa shape index (κ2) is 10.4. The van der Waals surface area contributed by atoms with Crippen LogP contribution in [-0.2, 0) is 10.2 Å². The molecule has 0 spiro atoms. The Hall–Kier alpha value is -3.82. The zero-order valence-electron chi connectivity index (χ0n) is 22.0. The first-order valence-corrected chi connectivity index (χ1v) is 11.7. The van der Waals surface area contributed by atoms with Crippen molar-refractivity contribution < 1.29 is 45.4 Å². The molecule has 0 aliphatic rings. The quantitative estimate of drug-likeness (QED) is 0.185. The maximum absolute atomic E-state index is 14.7. The van der Waals surface area contributed by atoms with Crippen LogP contribution in [0.25, 0.3) is 0 Å². The van der Waals surface area contributed by atoms with Gasteiger partial charge in [0.25, 0.3) is 0 Å². The molecule has 0 atom stereocenters. The number of hydrogen-bond donors (Lipinski definition) is 0. The number of halogens is 6. The maximum atomic E-state index is 14.7. The van der Waals surface area contributed by atoms with E-state index in [1.54, 1.807) is 6.92 Å². The van der Waals surface area contributed by atoms with Gasteiger partial charge in [-0.3, -0.25) is 0 Å². The summed E-state index contributed by atoms with van der Waals surface area (Å²) in [4.78, 5) is 24.3. The first-order valence-electron chi connectivity index (χ1n) is 11.7. The standard InChI is InChI=1S/C29H26F6O4/c1-15-11-22(12-16(2)19(15)5)27(28(30,31)32,29(33,34)35)23-13-17(3)24(18(4)14-23)39-26(37)21-9-7-20(8-10-21)25(36)38-6/h7-14H,1-6H3. The number of aryl methyl sites for hydroxylation is 4. The number of carbonyl (C=O) groups excluding carboxylic acids is 2. The van der Waals surface area contributed by atoms with Crippen molar-refractivity contribution >= 4 is 11.9 Å². The van der Waals surface area contributed by atoms with Gasteiger partial charge in [-0.15, -0.1) is 0 Å². The Morgan fingerprint density at radius 1 is 0.615 bits per heavy atom. The van der Waals surface area contributed by atoms with Crippen molar-refractivity contribution in [1.29, 1.82) is 0 Å². The number of rotatable bonds is 5. The Kier molecular flexibility index (Phi) is 7.92. The molecule has 208 valence electrons. The summed E-state index contributed by atoms with van der Waals surface area (Å²) in [5.74, 6) is -1.71. The van der Waals surface area contributed by atoms with Gasteiger partial charge in [-0.1, -0.05) is 24.3 Å². The van der Waals surface area contributed by atoms with Crippen molar-refractivity contribution in [2.24, 2.45) is 0 Å². The predicted molar refractivity (Wildman–Crippen MR) is 132 cm³/mol.